The lowest BCUT2D eigenvalue weighted by Gasteiger charge is -2.39. The molecule has 1 saturated heterocycles. The summed E-state index contributed by atoms with van der Waals surface area (Å²) in [7, 11) is 0. The van der Waals surface area contributed by atoms with Gasteiger partial charge in [-0.1, -0.05) is 17.7 Å². The van der Waals surface area contributed by atoms with E-state index >= 15 is 0 Å². The number of nitrogens with one attached hydrogen (secondary N) is 1. The molecule has 226 valence electrons. The van der Waals surface area contributed by atoms with Crippen molar-refractivity contribution in [3.05, 3.63) is 58.1 Å². The fourth-order valence-corrected chi connectivity index (χ4v) is 7.15. The standard InChI is InChI=1S/C31H31ClF3N5O3/c32-19-13-22(25(26(34)35)37-15-19)27(41)38-21-4-1-18(2-5-21)16-40-24-14-20(33)3-6-23(24)31(29(40)43)9-11-39(12-10-31)28(42)30(17-36)7-8-30/h3,6,13-15,18,21,26H,1-2,4-5,7-12,16H2,(H,38,41). The number of piperidine rings is 1. The number of aromatic nitrogens is 1. The third kappa shape index (κ3) is 5.24. The number of pyridine rings is 1. The van der Waals surface area contributed by atoms with Gasteiger partial charge in [0.25, 0.3) is 12.3 Å². The highest BCUT2D eigenvalue weighted by molar-refractivity contribution is 6.30. The molecule has 6 rings (SSSR count). The Morgan fingerprint density at radius 1 is 1.12 bits per heavy atom. The van der Waals surface area contributed by atoms with Gasteiger partial charge in [-0.05, 0) is 81.0 Å². The highest BCUT2D eigenvalue weighted by atomic mass is 35.5. The second kappa shape index (κ2) is 11.1. The molecule has 1 aromatic carbocycles. The van der Waals surface area contributed by atoms with Gasteiger partial charge in [0.1, 0.15) is 16.9 Å². The molecule has 0 atom stereocenters. The van der Waals surface area contributed by atoms with Gasteiger partial charge in [-0.15, -0.1) is 0 Å². The number of carbonyl (C=O) groups is 3. The van der Waals surface area contributed by atoms with Crippen molar-refractivity contribution in [3.63, 3.8) is 0 Å². The van der Waals surface area contributed by atoms with Crippen LogP contribution in [-0.4, -0.2) is 53.3 Å². The van der Waals surface area contributed by atoms with Gasteiger partial charge in [0.2, 0.25) is 11.8 Å². The fourth-order valence-electron chi connectivity index (χ4n) is 6.99. The van der Waals surface area contributed by atoms with Crippen LogP contribution in [0.3, 0.4) is 0 Å². The summed E-state index contributed by atoms with van der Waals surface area (Å²) in [5.41, 5.74) is -1.28. The van der Waals surface area contributed by atoms with E-state index in [1.807, 2.05) is 0 Å². The Kier molecular flexibility index (Phi) is 7.61. The molecule has 0 bridgehead atoms. The molecular formula is C31H31ClF3N5O3. The number of amides is 3. The van der Waals surface area contributed by atoms with Gasteiger partial charge in [-0.25, -0.2) is 13.2 Å². The Morgan fingerprint density at radius 2 is 1.81 bits per heavy atom. The number of fused-ring (bicyclic) bond motifs is 2. The summed E-state index contributed by atoms with van der Waals surface area (Å²) in [5.74, 6) is -1.24. The van der Waals surface area contributed by atoms with Crippen LogP contribution >= 0.6 is 11.6 Å². The quantitative estimate of drug-likeness (QED) is 0.475. The van der Waals surface area contributed by atoms with Crippen molar-refractivity contribution < 1.29 is 27.6 Å². The molecule has 3 amide bonds. The van der Waals surface area contributed by atoms with Crippen molar-refractivity contribution in [2.45, 2.75) is 69.2 Å². The number of alkyl halides is 2. The molecular weight excluding hydrogens is 583 g/mol. The van der Waals surface area contributed by atoms with E-state index < -0.39 is 34.7 Å². The summed E-state index contributed by atoms with van der Waals surface area (Å²) in [4.78, 5) is 46.8. The van der Waals surface area contributed by atoms with Crippen molar-refractivity contribution in [1.29, 1.82) is 5.26 Å². The van der Waals surface area contributed by atoms with Crippen molar-refractivity contribution in [3.8, 4) is 6.07 Å². The number of hydrogen-bond donors (Lipinski definition) is 1. The van der Waals surface area contributed by atoms with Gasteiger partial charge in [0.15, 0.2) is 0 Å². The molecule has 8 nitrogen and oxygen atoms in total. The summed E-state index contributed by atoms with van der Waals surface area (Å²) in [6, 6.07) is 7.57. The van der Waals surface area contributed by atoms with E-state index in [1.165, 1.54) is 18.2 Å². The van der Waals surface area contributed by atoms with E-state index in [0.717, 1.165) is 11.8 Å². The number of benzene rings is 1. The number of hydrogen-bond acceptors (Lipinski definition) is 5. The third-order valence-electron chi connectivity index (χ3n) is 9.66. The zero-order chi connectivity index (χ0) is 30.5. The van der Waals surface area contributed by atoms with Crippen molar-refractivity contribution >= 4 is 35.0 Å². The maximum Gasteiger partial charge on any atom is 0.281 e. The monoisotopic (exact) mass is 613 g/mol. The molecule has 0 radical (unpaired) electrons. The Hall–Kier alpha value is -3.65. The second-order valence-electron chi connectivity index (χ2n) is 12.2. The average Bonchev–Trinajstić information content (AvgIpc) is 3.78. The molecule has 1 N–H and O–H groups in total. The molecule has 1 spiro atoms. The first-order valence-corrected chi connectivity index (χ1v) is 15.0. The van der Waals surface area contributed by atoms with Crippen LogP contribution in [0.1, 0.15) is 79.4 Å². The fraction of sp³-hybridized carbons (Fsp3) is 0.516. The second-order valence-corrected chi connectivity index (χ2v) is 12.7. The minimum absolute atomic E-state index is 0.0919. The number of nitriles is 1. The maximum absolute atomic E-state index is 14.4. The van der Waals surface area contributed by atoms with Crippen LogP contribution in [0.5, 0.6) is 0 Å². The Labute approximate surface area is 252 Å². The van der Waals surface area contributed by atoms with Crippen LogP contribution in [0.4, 0.5) is 18.9 Å². The van der Waals surface area contributed by atoms with Crippen LogP contribution in [0.2, 0.25) is 5.02 Å². The number of carbonyl (C=O) groups excluding carboxylic acids is 3. The summed E-state index contributed by atoms with van der Waals surface area (Å²) >= 11 is 5.90. The lowest BCUT2D eigenvalue weighted by molar-refractivity contribution is -0.138. The van der Waals surface area contributed by atoms with Gasteiger partial charge in [0.05, 0.1) is 27.8 Å². The highest BCUT2D eigenvalue weighted by Crippen LogP contribution is 2.51. The minimum Gasteiger partial charge on any atom is -0.349 e. The highest BCUT2D eigenvalue weighted by Gasteiger charge is 2.56. The van der Waals surface area contributed by atoms with Crippen LogP contribution in [0.15, 0.2) is 30.5 Å². The summed E-state index contributed by atoms with van der Waals surface area (Å²) in [6.07, 6.45) is 2.67. The van der Waals surface area contributed by atoms with Gasteiger partial charge >= 0.3 is 0 Å². The molecule has 3 heterocycles. The van der Waals surface area contributed by atoms with E-state index in [0.29, 0.717) is 76.7 Å². The predicted octanol–water partition coefficient (Wildman–Crippen LogP) is 5.31. The lowest BCUT2D eigenvalue weighted by atomic mass is 9.73. The zero-order valence-electron chi connectivity index (χ0n) is 23.4. The first kappa shape index (κ1) is 29.4. The summed E-state index contributed by atoms with van der Waals surface area (Å²) in [6.45, 7) is 1.11. The SMILES string of the molecule is N#CC1(C(=O)N2CCC3(CC2)C(=O)N(CC2CCC(NC(=O)c4cc(Cl)cnc4C(F)F)CC2)c2cc(F)ccc23)CC1. The smallest absolute Gasteiger partial charge is 0.281 e. The Bertz CT molecular complexity index is 1510. The molecule has 2 aromatic rings. The van der Waals surface area contributed by atoms with E-state index in [2.05, 4.69) is 16.4 Å². The van der Waals surface area contributed by atoms with E-state index in [4.69, 9.17) is 11.6 Å². The number of likely N-dealkylation sites (tertiary alicyclic amines) is 1. The first-order valence-electron chi connectivity index (χ1n) is 14.6. The zero-order valence-corrected chi connectivity index (χ0v) is 24.2. The molecule has 2 saturated carbocycles. The largest absolute Gasteiger partial charge is 0.349 e. The number of nitrogens with zero attached hydrogens (tertiary/aromatic N) is 4. The molecule has 12 heteroatoms. The first-order chi connectivity index (χ1) is 20.6. The normalized spacial score (nSPS) is 23.7. The van der Waals surface area contributed by atoms with E-state index in [-0.39, 0.29) is 34.4 Å². The third-order valence-corrected chi connectivity index (χ3v) is 9.86. The number of anilines is 1. The predicted molar refractivity (Wildman–Crippen MR) is 151 cm³/mol. The summed E-state index contributed by atoms with van der Waals surface area (Å²) < 4.78 is 41.2. The number of rotatable bonds is 6. The van der Waals surface area contributed by atoms with Gasteiger partial charge in [-0.2, -0.15) is 5.26 Å². The Morgan fingerprint density at radius 3 is 2.44 bits per heavy atom. The Balaban J connectivity index is 1.11. The van der Waals surface area contributed by atoms with Crippen LogP contribution < -0.4 is 10.2 Å². The molecule has 1 aromatic heterocycles. The van der Waals surface area contributed by atoms with Crippen molar-refractivity contribution in [1.82, 2.24) is 15.2 Å². The van der Waals surface area contributed by atoms with Crippen molar-refractivity contribution in [2.75, 3.05) is 24.5 Å². The molecule has 43 heavy (non-hydrogen) atoms. The van der Waals surface area contributed by atoms with E-state index in [9.17, 15) is 32.8 Å². The topological polar surface area (TPSA) is 106 Å². The van der Waals surface area contributed by atoms with Crippen LogP contribution in [0.25, 0.3) is 0 Å². The molecule has 2 aliphatic heterocycles. The van der Waals surface area contributed by atoms with Gasteiger partial charge < -0.3 is 15.1 Å². The molecule has 0 unspecified atom stereocenters. The molecule has 2 aliphatic carbocycles. The van der Waals surface area contributed by atoms with E-state index in [1.54, 1.807) is 15.9 Å². The van der Waals surface area contributed by atoms with Crippen molar-refractivity contribution in [2.24, 2.45) is 11.3 Å². The number of halogens is 4. The average molecular weight is 614 g/mol. The van der Waals surface area contributed by atoms with Crippen LogP contribution in [0, 0.1) is 28.5 Å². The minimum atomic E-state index is -2.91. The molecule has 4 aliphatic rings. The van der Waals surface area contributed by atoms with Gasteiger partial charge in [0, 0.05) is 31.9 Å². The van der Waals surface area contributed by atoms with Gasteiger partial charge in [-0.3, -0.25) is 19.4 Å². The summed E-state index contributed by atoms with van der Waals surface area (Å²) in [5, 5.41) is 12.4. The lowest BCUT2D eigenvalue weighted by Crippen LogP contribution is -2.52. The molecule has 3 fully saturated rings. The maximum atomic E-state index is 14.4. The van der Waals surface area contributed by atoms with Crippen LogP contribution in [-0.2, 0) is 15.0 Å².